The molecule has 1 aromatic carbocycles. The Hall–Kier alpha value is -2.08. The quantitative estimate of drug-likeness (QED) is 0.922. The van der Waals surface area contributed by atoms with Crippen LogP contribution < -0.4 is 4.90 Å². The van der Waals surface area contributed by atoms with E-state index in [4.69, 9.17) is 9.84 Å². The van der Waals surface area contributed by atoms with Crippen molar-refractivity contribution in [2.75, 3.05) is 18.6 Å². The van der Waals surface area contributed by atoms with Crippen LogP contribution in [0.2, 0.25) is 0 Å². The fourth-order valence-electron chi connectivity index (χ4n) is 2.87. The normalized spacial score (nSPS) is 18.9. The largest absolute Gasteiger partial charge is 0.465 e. The zero-order valence-corrected chi connectivity index (χ0v) is 12.2. The number of rotatable bonds is 2. The Kier molecular flexibility index (Phi) is 3.55. The average molecular weight is 289 g/mol. The molecule has 1 saturated heterocycles. The topological polar surface area (TPSA) is 67.6 Å². The van der Waals surface area contributed by atoms with E-state index in [0.717, 1.165) is 42.5 Å². The standard InChI is InChI=1S/C15H19N3O3/c1-10-11(17(2)15(19)20)6-7-12-14(10)16-9-18(12)13-5-3-4-8-21-13/h6-7,9,13H,3-5,8H2,1-2H3,(H,19,20). The number of carboxylic acid groups (broad SMARTS) is 1. The van der Waals surface area contributed by atoms with E-state index < -0.39 is 6.09 Å². The number of imidazole rings is 1. The summed E-state index contributed by atoms with van der Waals surface area (Å²) in [6.07, 6.45) is 4.09. The molecule has 112 valence electrons. The van der Waals surface area contributed by atoms with E-state index in [0.29, 0.717) is 5.69 Å². The molecular formula is C15H19N3O3. The predicted molar refractivity (Wildman–Crippen MR) is 79.7 cm³/mol. The van der Waals surface area contributed by atoms with Crippen molar-refractivity contribution in [2.45, 2.75) is 32.4 Å². The molecule has 0 radical (unpaired) electrons. The number of ether oxygens (including phenoxy) is 1. The molecule has 21 heavy (non-hydrogen) atoms. The molecular weight excluding hydrogens is 270 g/mol. The van der Waals surface area contributed by atoms with E-state index in [2.05, 4.69) is 4.98 Å². The lowest BCUT2D eigenvalue weighted by Gasteiger charge is -2.24. The summed E-state index contributed by atoms with van der Waals surface area (Å²) in [5, 5.41) is 9.12. The van der Waals surface area contributed by atoms with Crippen molar-refractivity contribution in [1.82, 2.24) is 9.55 Å². The van der Waals surface area contributed by atoms with Crippen LogP contribution in [0.5, 0.6) is 0 Å². The van der Waals surface area contributed by atoms with Crippen molar-refractivity contribution in [3.63, 3.8) is 0 Å². The van der Waals surface area contributed by atoms with Gasteiger partial charge in [0.2, 0.25) is 0 Å². The number of aryl methyl sites for hydroxylation is 1. The van der Waals surface area contributed by atoms with Gasteiger partial charge in [-0.1, -0.05) is 0 Å². The van der Waals surface area contributed by atoms with E-state index in [-0.39, 0.29) is 6.23 Å². The zero-order valence-electron chi connectivity index (χ0n) is 12.2. The highest BCUT2D eigenvalue weighted by atomic mass is 16.5. The van der Waals surface area contributed by atoms with Crippen LogP contribution in [0.25, 0.3) is 11.0 Å². The van der Waals surface area contributed by atoms with Gasteiger partial charge in [0.05, 0.1) is 23.0 Å². The zero-order chi connectivity index (χ0) is 15.0. The monoisotopic (exact) mass is 289 g/mol. The first kappa shape index (κ1) is 13.9. The van der Waals surface area contributed by atoms with Crippen LogP contribution in [-0.4, -0.2) is 34.4 Å². The summed E-state index contributed by atoms with van der Waals surface area (Å²) in [6.45, 7) is 2.68. The molecule has 1 unspecified atom stereocenters. The van der Waals surface area contributed by atoms with Gasteiger partial charge < -0.3 is 14.4 Å². The summed E-state index contributed by atoms with van der Waals surface area (Å²) in [5.41, 5.74) is 3.34. The fraction of sp³-hybridized carbons (Fsp3) is 0.467. The molecule has 1 aliphatic rings. The Labute approximate surface area is 122 Å². The molecule has 0 bridgehead atoms. The van der Waals surface area contributed by atoms with Crippen molar-refractivity contribution < 1.29 is 14.6 Å². The van der Waals surface area contributed by atoms with E-state index >= 15 is 0 Å². The number of fused-ring (bicyclic) bond motifs is 1. The average Bonchev–Trinajstić information content (AvgIpc) is 2.92. The van der Waals surface area contributed by atoms with Crippen LogP contribution in [0.15, 0.2) is 18.5 Å². The molecule has 6 nitrogen and oxygen atoms in total. The van der Waals surface area contributed by atoms with Crippen molar-refractivity contribution in [3.8, 4) is 0 Å². The molecule has 1 amide bonds. The third kappa shape index (κ3) is 2.35. The number of benzene rings is 1. The Balaban J connectivity index is 2.04. The molecule has 1 aromatic heterocycles. The van der Waals surface area contributed by atoms with E-state index in [9.17, 15) is 4.79 Å². The first-order valence-corrected chi connectivity index (χ1v) is 7.14. The maximum absolute atomic E-state index is 11.1. The second-order valence-electron chi connectivity index (χ2n) is 5.39. The summed E-state index contributed by atoms with van der Waals surface area (Å²) in [4.78, 5) is 16.8. The van der Waals surface area contributed by atoms with Crippen LogP contribution in [0.1, 0.15) is 31.1 Å². The van der Waals surface area contributed by atoms with Gasteiger partial charge in [0.1, 0.15) is 6.23 Å². The van der Waals surface area contributed by atoms with Crippen molar-refractivity contribution in [3.05, 3.63) is 24.0 Å². The highest BCUT2D eigenvalue weighted by Gasteiger charge is 2.20. The maximum atomic E-state index is 11.1. The van der Waals surface area contributed by atoms with E-state index in [1.807, 2.05) is 23.6 Å². The van der Waals surface area contributed by atoms with Gasteiger partial charge in [-0.15, -0.1) is 0 Å². The Morgan fingerprint density at radius 3 is 2.95 bits per heavy atom. The highest BCUT2D eigenvalue weighted by Crippen LogP contribution is 2.31. The van der Waals surface area contributed by atoms with Gasteiger partial charge >= 0.3 is 6.09 Å². The number of amides is 1. The first-order chi connectivity index (χ1) is 10.1. The minimum Gasteiger partial charge on any atom is -0.465 e. The minimum atomic E-state index is -0.979. The Morgan fingerprint density at radius 2 is 2.29 bits per heavy atom. The lowest BCUT2D eigenvalue weighted by molar-refractivity contribution is -0.0295. The number of nitrogens with zero attached hydrogens (tertiary/aromatic N) is 3. The Bertz CT molecular complexity index is 674. The smallest absolute Gasteiger partial charge is 0.411 e. The molecule has 0 aliphatic carbocycles. The minimum absolute atomic E-state index is 0.0335. The SMILES string of the molecule is Cc1c(N(C)C(=O)O)ccc2c1ncn2C1CCCCO1. The van der Waals surface area contributed by atoms with Crippen molar-refractivity contribution >= 4 is 22.8 Å². The van der Waals surface area contributed by atoms with Gasteiger partial charge in [0.15, 0.2) is 0 Å². The second kappa shape index (κ2) is 5.37. The number of carbonyl (C=O) groups is 1. The maximum Gasteiger partial charge on any atom is 0.411 e. The van der Waals surface area contributed by atoms with Gasteiger partial charge in [-0.25, -0.2) is 9.78 Å². The summed E-state index contributed by atoms with van der Waals surface area (Å²) in [6, 6.07) is 3.74. The summed E-state index contributed by atoms with van der Waals surface area (Å²) in [7, 11) is 1.54. The van der Waals surface area contributed by atoms with E-state index in [1.165, 1.54) is 11.9 Å². The summed E-state index contributed by atoms with van der Waals surface area (Å²) >= 11 is 0. The van der Waals surface area contributed by atoms with Crippen LogP contribution in [0.4, 0.5) is 10.5 Å². The van der Waals surface area contributed by atoms with Gasteiger partial charge in [0.25, 0.3) is 0 Å². The van der Waals surface area contributed by atoms with Crippen LogP contribution in [0, 0.1) is 6.92 Å². The van der Waals surface area contributed by atoms with Gasteiger partial charge in [-0.05, 0) is 38.3 Å². The molecule has 2 heterocycles. The van der Waals surface area contributed by atoms with E-state index in [1.54, 1.807) is 6.33 Å². The second-order valence-corrected chi connectivity index (χ2v) is 5.39. The van der Waals surface area contributed by atoms with Crippen LogP contribution in [0.3, 0.4) is 0 Å². The predicted octanol–water partition coefficient (Wildman–Crippen LogP) is 3.16. The number of hydrogen-bond acceptors (Lipinski definition) is 3. The third-order valence-corrected chi connectivity index (χ3v) is 4.08. The molecule has 1 aliphatic heterocycles. The molecule has 3 rings (SSSR count). The fourth-order valence-corrected chi connectivity index (χ4v) is 2.87. The van der Waals surface area contributed by atoms with Crippen LogP contribution >= 0.6 is 0 Å². The third-order valence-electron chi connectivity index (χ3n) is 4.08. The van der Waals surface area contributed by atoms with Gasteiger partial charge in [-0.3, -0.25) is 4.90 Å². The number of anilines is 1. The van der Waals surface area contributed by atoms with Gasteiger partial charge in [0, 0.05) is 19.2 Å². The molecule has 2 aromatic rings. The Morgan fingerprint density at radius 1 is 1.48 bits per heavy atom. The molecule has 0 spiro atoms. The van der Waals surface area contributed by atoms with Crippen molar-refractivity contribution in [2.24, 2.45) is 0 Å². The van der Waals surface area contributed by atoms with Gasteiger partial charge in [-0.2, -0.15) is 0 Å². The number of aromatic nitrogens is 2. The molecule has 0 saturated carbocycles. The molecule has 1 fully saturated rings. The summed E-state index contributed by atoms with van der Waals surface area (Å²) < 4.78 is 7.85. The summed E-state index contributed by atoms with van der Waals surface area (Å²) in [5.74, 6) is 0. The molecule has 1 N–H and O–H groups in total. The lowest BCUT2D eigenvalue weighted by atomic mass is 10.1. The first-order valence-electron chi connectivity index (χ1n) is 7.14. The van der Waals surface area contributed by atoms with Crippen molar-refractivity contribution in [1.29, 1.82) is 0 Å². The lowest BCUT2D eigenvalue weighted by Crippen LogP contribution is -2.24. The highest BCUT2D eigenvalue weighted by molar-refractivity contribution is 5.92. The number of hydrogen-bond donors (Lipinski definition) is 1. The molecule has 1 atom stereocenters. The molecule has 6 heteroatoms. The van der Waals surface area contributed by atoms with Crippen LogP contribution in [-0.2, 0) is 4.74 Å².